The minimum Gasteiger partial charge on any atom is -0.381 e. The predicted octanol–water partition coefficient (Wildman–Crippen LogP) is 0.962. The molecule has 78 valence electrons. The van der Waals surface area contributed by atoms with Gasteiger partial charge in [-0.15, -0.1) is 9.90 Å². The van der Waals surface area contributed by atoms with Gasteiger partial charge in [0.25, 0.3) is 0 Å². The Hall–Kier alpha value is -1.59. The van der Waals surface area contributed by atoms with E-state index in [2.05, 4.69) is 10.2 Å². The van der Waals surface area contributed by atoms with E-state index < -0.39 is 0 Å². The Morgan fingerprint density at radius 3 is 2.80 bits per heavy atom. The molecule has 0 saturated heterocycles. The Kier molecular flexibility index (Phi) is 2.57. The van der Waals surface area contributed by atoms with E-state index in [1.54, 1.807) is 12.1 Å². The summed E-state index contributed by atoms with van der Waals surface area (Å²) in [6.07, 6.45) is 1.48. The second-order valence-electron chi connectivity index (χ2n) is 3.04. The molecule has 1 heterocycles. The first-order valence-electron chi connectivity index (χ1n) is 4.37. The topological polar surface area (TPSA) is 82.8 Å². The minimum atomic E-state index is 0.368. The van der Waals surface area contributed by atoms with Crippen LogP contribution in [0.4, 0.5) is 5.82 Å². The molecule has 6 heteroatoms. The van der Waals surface area contributed by atoms with Crippen LogP contribution in [0.25, 0.3) is 5.69 Å². The first kappa shape index (κ1) is 9.95. The van der Waals surface area contributed by atoms with Gasteiger partial charge in [-0.3, -0.25) is 0 Å². The summed E-state index contributed by atoms with van der Waals surface area (Å²) in [4.78, 5) is 1.44. The molecule has 0 atom stereocenters. The average molecular weight is 224 g/mol. The van der Waals surface area contributed by atoms with Crippen LogP contribution in [0.3, 0.4) is 0 Å². The highest BCUT2D eigenvalue weighted by molar-refractivity contribution is 6.30. The van der Waals surface area contributed by atoms with Crippen LogP contribution in [-0.2, 0) is 6.54 Å². The summed E-state index contributed by atoms with van der Waals surface area (Å²) in [5.74, 6) is 0.368. The van der Waals surface area contributed by atoms with Gasteiger partial charge in [0.15, 0.2) is 5.82 Å². The maximum Gasteiger partial charge on any atom is 0.166 e. The van der Waals surface area contributed by atoms with Crippen molar-refractivity contribution >= 4 is 17.4 Å². The molecule has 1 aromatic carbocycles. The Bertz CT molecular complexity index is 479. The second kappa shape index (κ2) is 3.88. The molecular formula is C9H10ClN5. The molecule has 0 unspecified atom stereocenters. The van der Waals surface area contributed by atoms with Gasteiger partial charge < -0.3 is 11.5 Å². The molecule has 0 aliphatic rings. The van der Waals surface area contributed by atoms with E-state index in [0.29, 0.717) is 17.4 Å². The number of rotatable bonds is 2. The molecule has 0 aliphatic carbocycles. The molecule has 0 spiro atoms. The average Bonchev–Trinajstić information content (AvgIpc) is 2.64. The van der Waals surface area contributed by atoms with E-state index in [-0.39, 0.29) is 0 Å². The molecule has 0 amide bonds. The minimum absolute atomic E-state index is 0.368. The maximum absolute atomic E-state index is 5.86. The molecule has 0 bridgehead atoms. The lowest BCUT2D eigenvalue weighted by atomic mass is 10.2. The van der Waals surface area contributed by atoms with E-state index in [4.69, 9.17) is 23.1 Å². The van der Waals surface area contributed by atoms with Crippen molar-refractivity contribution < 1.29 is 0 Å². The summed E-state index contributed by atoms with van der Waals surface area (Å²) in [5, 5.41) is 8.65. The standard InChI is InChI=1S/C9H10ClN5/c10-7-1-2-8(6(3-7)4-11)15-13-5-9(12)14-15/h1-3,5H,4,11H2,(H2,12,14). The van der Waals surface area contributed by atoms with Crippen molar-refractivity contribution in [1.82, 2.24) is 15.0 Å². The van der Waals surface area contributed by atoms with Crippen molar-refractivity contribution in [3.8, 4) is 5.69 Å². The van der Waals surface area contributed by atoms with Gasteiger partial charge in [-0.05, 0) is 23.8 Å². The summed E-state index contributed by atoms with van der Waals surface area (Å²) < 4.78 is 0. The number of anilines is 1. The molecule has 4 N–H and O–H groups in total. The quantitative estimate of drug-likeness (QED) is 0.795. The lowest BCUT2D eigenvalue weighted by Gasteiger charge is -2.06. The van der Waals surface area contributed by atoms with Gasteiger partial charge in [0.1, 0.15) is 0 Å². The van der Waals surface area contributed by atoms with Gasteiger partial charge in [0.2, 0.25) is 0 Å². The number of hydrogen-bond donors (Lipinski definition) is 2. The van der Waals surface area contributed by atoms with Crippen LogP contribution in [0.15, 0.2) is 24.4 Å². The highest BCUT2D eigenvalue weighted by Gasteiger charge is 2.06. The van der Waals surface area contributed by atoms with Crippen LogP contribution < -0.4 is 11.5 Å². The number of nitrogens with two attached hydrogens (primary N) is 2. The monoisotopic (exact) mass is 223 g/mol. The molecule has 1 aromatic heterocycles. The zero-order valence-electron chi connectivity index (χ0n) is 7.89. The second-order valence-corrected chi connectivity index (χ2v) is 3.47. The lowest BCUT2D eigenvalue weighted by Crippen LogP contribution is -2.07. The fourth-order valence-electron chi connectivity index (χ4n) is 1.30. The van der Waals surface area contributed by atoms with Crippen molar-refractivity contribution in [3.63, 3.8) is 0 Å². The zero-order valence-corrected chi connectivity index (χ0v) is 8.65. The molecular weight excluding hydrogens is 214 g/mol. The summed E-state index contributed by atoms with van der Waals surface area (Å²) in [7, 11) is 0. The number of hydrogen-bond acceptors (Lipinski definition) is 4. The van der Waals surface area contributed by atoms with Crippen LogP contribution in [0.1, 0.15) is 5.56 Å². The van der Waals surface area contributed by atoms with Crippen LogP contribution >= 0.6 is 11.6 Å². The molecule has 2 aromatic rings. The maximum atomic E-state index is 5.86. The van der Waals surface area contributed by atoms with Gasteiger partial charge >= 0.3 is 0 Å². The fraction of sp³-hybridized carbons (Fsp3) is 0.111. The van der Waals surface area contributed by atoms with Crippen LogP contribution in [-0.4, -0.2) is 15.0 Å². The van der Waals surface area contributed by atoms with E-state index >= 15 is 0 Å². The van der Waals surface area contributed by atoms with Gasteiger partial charge in [0, 0.05) is 11.6 Å². The zero-order chi connectivity index (χ0) is 10.8. The van der Waals surface area contributed by atoms with Crippen molar-refractivity contribution in [2.24, 2.45) is 5.73 Å². The number of nitrogens with zero attached hydrogens (tertiary/aromatic N) is 3. The Morgan fingerprint density at radius 2 is 2.20 bits per heavy atom. The van der Waals surface area contributed by atoms with Crippen molar-refractivity contribution in [1.29, 1.82) is 0 Å². The molecule has 0 aliphatic heterocycles. The number of aromatic nitrogens is 3. The number of halogens is 1. The Morgan fingerprint density at radius 1 is 1.40 bits per heavy atom. The molecule has 2 rings (SSSR count). The Labute approximate surface area is 91.6 Å². The van der Waals surface area contributed by atoms with E-state index in [0.717, 1.165) is 11.3 Å². The Balaban J connectivity index is 2.52. The smallest absolute Gasteiger partial charge is 0.166 e. The van der Waals surface area contributed by atoms with Gasteiger partial charge in [-0.1, -0.05) is 11.6 Å². The summed E-state index contributed by atoms with van der Waals surface area (Å²) >= 11 is 5.86. The van der Waals surface area contributed by atoms with Crippen LogP contribution in [0.5, 0.6) is 0 Å². The predicted molar refractivity (Wildman–Crippen MR) is 58.7 cm³/mol. The number of nitrogen functional groups attached to an aromatic ring is 1. The molecule has 0 radical (unpaired) electrons. The van der Waals surface area contributed by atoms with Gasteiger partial charge in [0.05, 0.1) is 11.9 Å². The molecule has 0 fully saturated rings. The summed E-state index contributed by atoms with van der Waals surface area (Å²) in [6, 6.07) is 5.36. The number of benzene rings is 1. The third-order valence-corrected chi connectivity index (χ3v) is 2.22. The van der Waals surface area contributed by atoms with Crippen LogP contribution in [0.2, 0.25) is 5.02 Å². The normalized spacial score (nSPS) is 10.5. The first-order valence-corrected chi connectivity index (χ1v) is 4.75. The van der Waals surface area contributed by atoms with Crippen LogP contribution in [0, 0.1) is 0 Å². The molecule has 5 nitrogen and oxygen atoms in total. The SMILES string of the molecule is NCc1cc(Cl)ccc1-n1ncc(N)n1. The van der Waals surface area contributed by atoms with E-state index in [1.807, 2.05) is 6.07 Å². The largest absolute Gasteiger partial charge is 0.381 e. The highest BCUT2D eigenvalue weighted by atomic mass is 35.5. The van der Waals surface area contributed by atoms with Crippen molar-refractivity contribution in [3.05, 3.63) is 35.0 Å². The lowest BCUT2D eigenvalue weighted by molar-refractivity contribution is 0.743. The third-order valence-electron chi connectivity index (χ3n) is 1.99. The highest BCUT2D eigenvalue weighted by Crippen LogP contribution is 2.18. The molecule has 15 heavy (non-hydrogen) atoms. The third kappa shape index (κ3) is 1.93. The van der Waals surface area contributed by atoms with E-state index in [9.17, 15) is 0 Å². The van der Waals surface area contributed by atoms with E-state index in [1.165, 1.54) is 11.0 Å². The van der Waals surface area contributed by atoms with Gasteiger partial charge in [-0.2, -0.15) is 5.10 Å². The first-order chi connectivity index (χ1) is 7.20. The van der Waals surface area contributed by atoms with Crippen molar-refractivity contribution in [2.75, 3.05) is 5.73 Å². The molecule has 0 saturated carbocycles. The van der Waals surface area contributed by atoms with Crippen molar-refractivity contribution in [2.45, 2.75) is 6.54 Å². The fourth-order valence-corrected chi connectivity index (χ4v) is 1.50. The van der Waals surface area contributed by atoms with Gasteiger partial charge in [-0.25, -0.2) is 0 Å². The summed E-state index contributed by atoms with van der Waals surface area (Å²) in [6.45, 7) is 0.372. The summed E-state index contributed by atoms with van der Waals surface area (Å²) in [5.41, 5.74) is 12.8.